The van der Waals surface area contributed by atoms with Gasteiger partial charge < -0.3 is 22.1 Å². The van der Waals surface area contributed by atoms with E-state index in [9.17, 15) is 9.59 Å². The smallest absolute Gasteiger partial charge is 0.260 e. The van der Waals surface area contributed by atoms with E-state index in [4.69, 9.17) is 17.2 Å². The first kappa shape index (κ1) is 14.6. The summed E-state index contributed by atoms with van der Waals surface area (Å²) in [6, 6.07) is 0. The molecule has 110 valence electrons. The van der Waals surface area contributed by atoms with Crippen LogP contribution in [0.3, 0.4) is 0 Å². The van der Waals surface area contributed by atoms with E-state index in [-0.39, 0.29) is 16.1 Å². The molecule has 1 saturated heterocycles. The molecule has 2 heterocycles. The SMILES string of the molecule is CC1CCN(c2sc(C(N)=O)c(N)c2C(N)=O)CC1C. The second-order valence-electron chi connectivity index (χ2n) is 5.44. The van der Waals surface area contributed by atoms with Gasteiger partial charge >= 0.3 is 0 Å². The largest absolute Gasteiger partial charge is 0.397 e. The van der Waals surface area contributed by atoms with Crippen LogP contribution in [-0.4, -0.2) is 24.9 Å². The summed E-state index contributed by atoms with van der Waals surface area (Å²) in [5, 5.41) is 0.669. The number of nitrogens with two attached hydrogens (primary N) is 3. The lowest BCUT2D eigenvalue weighted by molar-refractivity contribution is 0.0999. The maximum absolute atomic E-state index is 11.6. The quantitative estimate of drug-likeness (QED) is 0.772. The highest BCUT2D eigenvalue weighted by Crippen LogP contribution is 2.40. The third-order valence-corrected chi connectivity index (χ3v) is 5.30. The molecule has 1 aromatic heterocycles. The number of rotatable bonds is 3. The molecule has 6 nitrogen and oxygen atoms in total. The minimum atomic E-state index is -0.625. The molecule has 1 aliphatic heterocycles. The predicted octanol–water partition coefficient (Wildman–Crippen LogP) is 1.01. The molecule has 1 aromatic rings. The molecule has 20 heavy (non-hydrogen) atoms. The summed E-state index contributed by atoms with van der Waals surface area (Å²) >= 11 is 1.16. The number of amides is 2. The van der Waals surface area contributed by atoms with Crippen molar-refractivity contribution in [3.63, 3.8) is 0 Å². The third kappa shape index (κ3) is 2.45. The lowest BCUT2D eigenvalue weighted by Gasteiger charge is -2.36. The van der Waals surface area contributed by atoms with E-state index in [0.717, 1.165) is 30.8 Å². The molecule has 2 rings (SSSR count). The van der Waals surface area contributed by atoms with Gasteiger partial charge in [-0.05, 0) is 18.3 Å². The minimum Gasteiger partial charge on any atom is -0.397 e. The van der Waals surface area contributed by atoms with Gasteiger partial charge in [0.05, 0.1) is 11.3 Å². The monoisotopic (exact) mass is 296 g/mol. The zero-order chi connectivity index (χ0) is 15.0. The Morgan fingerprint density at radius 2 is 1.85 bits per heavy atom. The number of primary amides is 2. The number of piperidine rings is 1. The molecule has 6 N–H and O–H groups in total. The first-order chi connectivity index (χ1) is 9.32. The Bertz CT molecular complexity index is 555. The predicted molar refractivity (Wildman–Crippen MR) is 80.9 cm³/mol. The van der Waals surface area contributed by atoms with Crippen LogP contribution in [0.1, 0.15) is 40.3 Å². The molecule has 1 aliphatic rings. The van der Waals surface area contributed by atoms with E-state index >= 15 is 0 Å². The number of nitrogen functional groups attached to an aromatic ring is 1. The zero-order valence-corrected chi connectivity index (χ0v) is 12.5. The molecule has 2 unspecified atom stereocenters. The molecule has 0 aliphatic carbocycles. The highest BCUT2D eigenvalue weighted by molar-refractivity contribution is 7.19. The minimum absolute atomic E-state index is 0.108. The normalized spacial score (nSPS) is 22.8. The van der Waals surface area contributed by atoms with Gasteiger partial charge in [0.1, 0.15) is 9.88 Å². The maximum Gasteiger partial charge on any atom is 0.260 e. The highest BCUT2D eigenvalue weighted by Gasteiger charge is 2.30. The van der Waals surface area contributed by atoms with Crippen LogP contribution in [0.15, 0.2) is 0 Å². The fourth-order valence-electron chi connectivity index (χ4n) is 2.52. The van der Waals surface area contributed by atoms with Crippen molar-refractivity contribution in [3.8, 4) is 0 Å². The molecular formula is C13H20N4O2S. The van der Waals surface area contributed by atoms with Crippen LogP contribution in [-0.2, 0) is 0 Å². The van der Waals surface area contributed by atoms with Gasteiger partial charge in [-0.2, -0.15) is 0 Å². The van der Waals surface area contributed by atoms with Gasteiger partial charge in [-0.1, -0.05) is 13.8 Å². The third-order valence-electron chi connectivity index (χ3n) is 4.02. The Morgan fingerprint density at radius 3 is 2.35 bits per heavy atom. The summed E-state index contributed by atoms with van der Waals surface area (Å²) in [6.07, 6.45) is 1.03. The second kappa shape index (κ2) is 5.32. The molecule has 0 spiro atoms. The molecule has 0 saturated carbocycles. The summed E-state index contributed by atoms with van der Waals surface area (Å²) in [7, 11) is 0. The van der Waals surface area contributed by atoms with Crippen molar-refractivity contribution < 1.29 is 9.59 Å². The number of anilines is 2. The van der Waals surface area contributed by atoms with E-state index in [1.165, 1.54) is 0 Å². The first-order valence-electron chi connectivity index (χ1n) is 6.59. The lowest BCUT2D eigenvalue weighted by Crippen LogP contribution is -2.38. The van der Waals surface area contributed by atoms with Crippen LogP contribution >= 0.6 is 11.3 Å². The molecule has 2 atom stereocenters. The Kier molecular flexibility index (Phi) is 3.89. The summed E-state index contributed by atoms with van der Waals surface area (Å²) < 4.78 is 0. The first-order valence-corrected chi connectivity index (χ1v) is 7.41. The zero-order valence-electron chi connectivity index (χ0n) is 11.7. The van der Waals surface area contributed by atoms with Gasteiger partial charge in [-0.3, -0.25) is 9.59 Å². The number of thiophene rings is 1. The summed E-state index contributed by atoms with van der Waals surface area (Å²) in [5.74, 6) is -0.103. The molecular weight excluding hydrogens is 276 g/mol. The van der Waals surface area contributed by atoms with Crippen LogP contribution in [0, 0.1) is 11.8 Å². The number of carbonyl (C=O) groups is 2. The number of carbonyl (C=O) groups excluding carboxylic acids is 2. The second-order valence-corrected chi connectivity index (χ2v) is 6.44. The Labute approximate surface area is 121 Å². The van der Waals surface area contributed by atoms with Crippen LogP contribution in [0.5, 0.6) is 0 Å². The topological polar surface area (TPSA) is 115 Å². The molecule has 2 amide bonds. The van der Waals surface area contributed by atoms with Crippen molar-refractivity contribution >= 4 is 33.8 Å². The van der Waals surface area contributed by atoms with E-state index < -0.39 is 11.8 Å². The average molecular weight is 296 g/mol. The number of nitrogens with zero attached hydrogens (tertiary/aromatic N) is 1. The molecule has 0 bridgehead atoms. The van der Waals surface area contributed by atoms with E-state index in [0.29, 0.717) is 16.8 Å². The van der Waals surface area contributed by atoms with Crippen molar-refractivity contribution in [2.45, 2.75) is 20.3 Å². The fraction of sp³-hybridized carbons (Fsp3) is 0.538. The number of hydrogen-bond acceptors (Lipinski definition) is 5. The average Bonchev–Trinajstić information content (AvgIpc) is 2.70. The summed E-state index contributed by atoms with van der Waals surface area (Å²) in [6.45, 7) is 6.03. The van der Waals surface area contributed by atoms with Crippen molar-refractivity contribution in [1.82, 2.24) is 0 Å². The van der Waals surface area contributed by atoms with Crippen molar-refractivity contribution in [3.05, 3.63) is 10.4 Å². The van der Waals surface area contributed by atoms with Gasteiger partial charge in [0, 0.05) is 13.1 Å². The van der Waals surface area contributed by atoms with E-state index in [1.54, 1.807) is 0 Å². The standard InChI is InChI=1S/C13H20N4O2S/c1-6-3-4-17(5-7(6)2)13-8(11(15)18)9(14)10(20-13)12(16)19/h6-7H,3-5,14H2,1-2H3,(H2,15,18)(H2,16,19). The highest BCUT2D eigenvalue weighted by atomic mass is 32.1. The van der Waals surface area contributed by atoms with E-state index in [1.807, 2.05) is 0 Å². The van der Waals surface area contributed by atoms with E-state index in [2.05, 4.69) is 18.7 Å². The lowest BCUT2D eigenvalue weighted by atomic mass is 9.89. The van der Waals surface area contributed by atoms with Gasteiger partial charge in [-0.15, -0.1) is 11.3 Å². The molecule has 0 radical (unpaired) electrons. The van der Waals surface area contributed by atoms with Crippen LogP contribution in [0.4, 0.5) is 10.7 Å². The van der Waals surface area contributed by atoms with Gasteiger partial charge in [0.2, 0.25) is 0 Å². The van der Waals surface area contributed by atoms with Crippen molar-refractivity contribution in [1.29, 1.82) is 0 Å². The maximum atomic E-state index is 11.6. The Morgan fingerprint density at radius 1 is 1.20 bits per heavy atom. The Balaban J connectivity index is 2.43. The fourth-order valence-corrected chi connectivity index (χ4v) is 3.64. The summed E-state index contributed by atoms with van der Waals surface area (Å²) in [5.41, 5.74) is 16.9. The van der Waals surface area contributed by atoms with Gasteiger partial charge in [0.25, 0.3) is 11.8 Å². The number of hydrogen-bond donors (Lipinski definition) is 3. The van der Waals surface area contributed by atoms with Gasteiger partial charge in [0.15, 0.2) is 0 Å². The van der Waals surface area contributed by atoms with Crippen LogP contribution < -0.4 is 22.1 Å². The molecule has 0 aromatic carbocycles. The van der Waals surface area contributed by atoms with Crippen molar-refractivity contribution in [2.24, 2.45) is 23.3 Å². The van der Waals surface area contributed by atoms with Crippen LogP contribution in [0.2, 0.25) is 0 Å². The molecule has 7 heteroatoms. The van der Waals surface area contributed by atoms with Gasteiger partial charge in [-0.25, -0.2) is 0 Å². The molecule has 1 fully saturated rings. The Hall–Kier alpha value is -1.76. The van der Waals surface area contributed by atoms with Crippen LogP contribution in [0.25, 0.3) is 0 Å². The summed E-state index contributed by atoms with van der Waals surface area (Å²) in [4.78, 5) is 25.3. The van der Waals surface area contributed by atoms with Crippen molar-refractivity contribution in [2.75, 3.05) is 23.7 Å².